The van der Waals surface area contributed by atoms with Crippen LogP contribution in [0.15, 0.2) is 12.1 Å². The Labute approximate surface area is 177 Å². The topological polar surface area (TPSA) is 102 Å². The summed E-state index contributed by atoms with van der Waals surface area (Å²) in [5, 5.41) is 0. The van der Waals surface area contributed by atoms with Crippen LogP contribution in [0.5, 0.6) is 11.8 Å². The van der Waals surface area contributed by atoms with Crippen molar-refractivity contribution in [1.29, 1.82) is 0 Å². The fraction of sp³-hybridized carbons (Fsp3) is 0.684. The number of carbonyl (C=O) groups is 1. The normalized spacial score (nSPS) is 20.5. The van der Waals surface area contributed by atoms with Gasteiger partial charge in [0.2, 0.25) is 21.8 Å². The molecule has 2 aliphatic rings. The van der Waals surface area contributed by atoms with Crippen molar-refractivity contribution in [2.45, 2.75) is 12.5 Å². The van der Waals surface area contributed by atoms with Crippen LogP contribution in [0.3, 0.4) is 0 Å². The number of likely N-dealkylation sites (tertiary alicyclic amines) is 1. The molecule has 1 atom stereocenters. The lowest BCUT2D eigenvalue weighted by molar-refractivity contribution is 0.0353. The molecule has 0 spiro atoms. The van der Waals surface area contributed by atoms with Crippen LogP contribution in [0.4, 0.5) is 0 Å². The van der Waals surface area contributed by atoms with Crippen molar-refractivity contribution in [1.82, 2.24) is 19.1 Å². The van der Waals surface area contributed by atoms with Gasteiger partial charge >= 0.3 is 0 Å². The Morgan fingerprint density at radius 1 is 1.23 bits per heavy atom. The van der Waals surface area contributed by atoms with Gasteiger partial charge in [0.1, 0.15) is 5.56 Å². The van der Waals surface area contributed by atoms with Crippen molar-refractivity contribution in [3.05, 3.63) is 17.7 Å². The maximum atomic E-state index is 13.0. The number of aromatic nitrogens is 1. The zero-order valence-electron chi connectivity index (χ0n) is 17.7. The van der Waals surface area contributed by atoms with Crippen molar-refractivity contribution < 1.29 is 27.4 Å². The number of sulfonamides is 1. The summed E-state index contributed by atoms with van der Waals surface area (Å²) >= 11 is 0. The summed E-state index contributed by atoms with van der Waals surface area (Å²) < 4.78 is 42.1. The second-order valence-electron chi connectivity index (χ2n) is 7.43. The van der Waals surface area contributed by atoms with E-state index in [4.69, 9.17) is 14.2 Å². The van der Waals surface area contributed by atoms with Crippen LogP contribution in [0.25, 0.3) is 0 Å². The van der Waals surface area contributed by atoms with Crippen LogP contribution in [-0.4, -0.2) is 112 Å². The quantitative estimate of drug-likeness (QED) is 0.550. The molecule has 0 aliphatic carbocycles. The number of rotatable bonds is 8. The van der Waals surface area contributed by atoms with Gasteiger partial charge in [-0.05, 0) is 12.5 Å². The average molecular weight is 443 g/mol. The predicted octanol–water partition coefficient (Wildman–Crippen LogP) is -0.0929. The van der Waals surface area contributed by atoms with Gasteiger partial charge in [0.15, 0.2) is 0 Å². The highest BCUT2D eigenvalue weighted by Gasteiger charge is 2.36. The first kappa shape index (κ1) is 22.7. The van der Waals surface area contributed by atoms with Crippen molar-refractivity contribution in [3.8, 4) is 11.8 Å². The van der Waals surface area contributed by atoms with E-state index in [1.807, 2.05) is 0 Å². The first-order valence-electron chi connectivity index (χ1n) is 9.98. The molecule has 2 fully saturated rings. The van der Waals surface area contributed by atoms with Gasteiger partial charge in [-0.2, -0.15) is 9.29 Å². The van der Waals surface area contributed by atoms with E-state index in [9.17, 15) is 13.2 Å². The van der Waals surface area contributed by atoms with E-state index < -0.39 is 10.0 Å². The van der Waals surface area contributed by atoms with Crippen LogP contribution in [0, 0.1) is 0 Å². The molecule has 11 heteroatoms. The maximum absolute atomic E-state index is 13.0. The Morgan fingerprint density at radius 2 is 1.97 bits per heavy atom. The van der Waals surface area contributed by atoms with Gasteiger partial charge < -0.3 is 19.1 Å². The van der Waals surface area contributed by atoms with Gasteiger partial charge in [-0.15, -0.1) is 0 Å². The van der Waals surface area contributed by atoms with Gasteiger partial charge in [0.05, 0.1) is 33.7 Å². The summed E-state index contributed by atoms with van der Waals surface area (Å²) in [6.07, 6.45) is 1.82. The number of methoxy groups -OCH3 is 2. The highest BCUT2D eigenvalue weighted by Crippen LogP contribution is 2.25. The summed E-state index contributed by atoms with van der Waals surface area (Å²) in [4.78, 5) is 21.0. The zero-order chi connectivity index (χ0) is 21.7. The van der Waals surface area contributed by atoms with Gasteiger partial charge in [0.25, 0.3) is 5.91 Å². The largest absolute Gasteiger partial charge is 0.481 e. The minimum Gasteiger partial charge on any atom is -0.481 e. The Kier molecular flexibility index (Phi) is 7.50. The Morgan fingerprint density at radius 3 is 2.60 bits per heavy atom. The number of carbonyl (C=O) groups excluding carboxylic acids is 1. The number of ether oxygens (including phenoxy) is 3. The van der Waals surface area contributed by atoms with Gasteiger partial charge in [0, 0.05) is 51.4 Å². The number of nitrogens with zero attached hydrogens (tertiary/aromatic N) is 4. The van der Waals surface area contributed by atoms with Crippen molar-refractivity contribution in [2.24, 2.45) is 0 Å². The Balaban J connectivity index is 1.67. The van der Waals surface area contributed by atoms with E-state index >= 15 is 0 Å². The molecule has 0 bridgehead atoms. The van der Waals surface area contributed by atoms with Crippen LogP contribution in [0.2, 0.25) is 0 Å². The molecule has 0 N–H and O–H groups in total. The van der Waals surface area contributed by atoms with Gasteiger partial charge in [-0.1, -0.05) is 0 Å². The smallest absolute Gasteiger partial charge is 0.259 e. The maximum Gasteiger partial charge on any atom is 0.259 e. The molecule has 1 aromatic heterocycles. The highest BCUT2D eigenvalue weighted by molar-refractivity contribution is 7.88. The lowest BCUT2D eigenvalue weighted by atomic mass is 10.2. The highest BCUT2D eigenvalue weighted by atomic mass is 32.2. The van der Waals surface area contributed by atoms with E-state index in [0.717, 1.165) is 13.1 Å². The van der Waals surface area contributed by atoms with E-state index in [1.165, 1.54) is 24.8 Å². The number of hydrogen-bond donors (Lipinski definition) is 0. The molecule has 0 aromatic carbocycles. The second kappa shape index (κ2) is 9.90. The van der Waals surface area contributed by atoms with E-state index in [0.29, 0.717) is 57.3 Å². The van der Waals surface area contributed by atoms with Crippen molar-refractivity contribution >= 4 is 15.9 Å². The van der Waals surface area contributed by atoms with Crippen LogP contribution in [0.1, 0.15) is 16.8 Å². The van der Waals surface area contributed by atoms with Crippen molar-refractivity contribution in [2.75, 3.05) is 73.0 Å². The molecule has 2 aliphatic heterocycles. The summed E-state index contributed by atoms with van der Waals surface area (Å²) in [6.45, 7) is 4.81. The van der Waals surface area contributed by atoms with Crippen LogP contribution < -0.4 is 9.47 Å². The first-order chi connectivity index (χ1) is 14.3. The lowest BCUT2D eigenvalue weighted by Gasteiger charge is -2.31. The Bertz CT molecular complexity index is 843. The SMILES string of the molecule is COc1ccc(C(=O)N2CCC(N(CCN3CCOCC3)S(C)(=O)=O)C2)c(OC)n1. The monoisotopic (exact) mass is 442 g/mol. The molecule has 0 radical (unpaired) electrons. The average Bonchev–Trinajstić information content (AvgIpc) is 3.22. The van der Waals surface area contributed by atoms with Crippen molar-refractivity contribution in [3.63, 3.8) is 0 Å². The van der Waals surface area contributed by atoms with Crippen LogP contribution in [-0.2, 0) is 14.8 Å². The number of hydrogen-bond acceptors (Lipinski definition) is 8. The molecule has 2 saturated heterocycles. The van der Waals surface area contributed by atoms with E-state index in [-0.39, 0.29) is 17.8 Å². The predicted molar refractivity (Wildman–Crippen MR) is 110 cm³/mol. The second-order valence-corrected chi connectivity index (χ2v) is 9.37. The fourth-order valence-electron chi connectivity index (χ4n) is 3.87. The number of amides is 1. The zero-order valence-corrected chi connectivity index (χ0v) is 18.6. The molecule has 3 heterocycles. The standard InChI is InChI=1S/C19H30N4O6S/c1-27-17-5-4-16(18(20-17)28-2)19(24)22-7-6-15(14-22)23(30(3,25)26)9-8-21-10-12-29-13-11-21/h4-5,15H,6-14H2,1-3H3. The number of pyridine rings is 1. The summed E-state index contributed by atoms with van der Waals surface area (Å²) in [5.41, 5.74) is 0.332. The van der Waals surface area contributed by atoms with Crippen LogP contribution >= 0.6 is 0 Å². The molecule has 30 heavy (non-hydrogen) atoms. The third kappa shape index (κ3) is 5.39. The number of morpholine rings is 1. The van der Waals surface area contributed by atoms with Gasteiger partial charge in [-0.3, -0.25) is 9.69 Å². The molecule has 0 saturated carbocycles. The molecule has 1 unspecified atom stereocenters. The minimum absolute atomic E-state index is 0.190. The molecular formula is C19H30N4O6S. The summed E-state index contributed by atoms with van der Waals surface area (Å²) in [7, 11) is -0.463. The molecule has 168 valence electrons. The molecule has 1 aromatic rings. The Hall–Kier alpha value is -1.95. The lowest BCUT2D eigenvalue weighted by Crippen LogP contribution is -2.47. The molecule has 1 amide bonds. The summed E-state index contributed by atoms with van der Waals surface area (Å²) in [6, 6.07) is 2.98. The summed E-state index contributed by atoms with van der Waals surface area (Å²) in [5.74, 6) is 0.315. The van der Waals surface area contributed by atoms with E-state index in [2.05, 4.69) is 9.88 Å². The van der Waals surface area contributed by atoms with Gasteiger partial charge in [-0.25, -0.2) is 8.42 Å². The van der Waals surface area contributed by atoms with E-state index in [1.54, 1.807) is 17.0 Å². The third-order valence-corrected chi connectivity index (χ3v) is 6.82. The molecule has 10 nitrogen and oxygen atoms in total. The minimum atomic E-state index is -3.40. The third-order valence-electron chi connectivity index (χ3n) is 5.49. The molecule has 3 rings (SSSR count). The fourth-order valence-corrected chi connectivity index (χ4v) is 5.00. The molecular weight excluding hydrogens is 412 g/mol. The first-order valence-corrected chi connectivity index (χ1v) is 11.8.